The zero-order chi connectivity index (χ0) is 9.40. The highest BCUT2D eigenvalue weighted by Gasteiger charge is 1.92. The average molecular weight is 168 g/mol. The Morgan fingerprint density at radius 1 is 1.50 bits per heavy atom. The van der Waals surface area contributed by atoms with Gasteiger partial charge in [-0.25, -0.2) is 0 Å². The van der Waals surface area contributed by atoms with Crippen LogP contribution in [-0.2, 0) is 6.54 Å². The molecule has 68 valence electrons. The minimum absolute atomic E-state index is 0.0168. The standard InChI is InChI=1S/C7H10N2O.C2H6/c1-8-5-6-3-2-4-9-7(6)10;1-2/h2-4,8H,5H2,1H3,(H,9,10);1-2H3. The van der Waals surface area contributed by atoms with Gasteiger partial charge in [0.2, 0.25) is 0 Å². The van der Waals surface area contributed by atoms with Crippen LogP contribution >= 0.6 is 0 Å². The second-order valence-corrected chi connectivity index (χ2v) is 2.05. The Balaban J connectivity index is 0.000000561. The summed E-state index contributed by atoms with van der Waals surface area (Å²) in [6.45, 7) is 4.62. The molecule has 0 bridgehead atoms. The number of aromatic amines is 1. The summed E-state index contributed by atoms with van der Waals surface area (Å²) in [6.07, 6.45) is 1.63. The van der Waals surface area contributed by atoms with Gasteiger partial charge in [-0.05, 0) is 13.1 Å². The summed E-state index contributed by atoms with van der Waals surface area (Å²) in [5.41, 5.74) is 0.752. The third-order valence-corrected chi connectivity index (χ3v) is 1.27. The van der Waals surface area contributed by atoms with Gasteiger partial charge < -0.3 is 10.3 Å². The van der Waals surface area contributed by atoms with Crippen LogP contribution in [0.3, 0.4) is 0 Å². The van der Waals surface area contributed by atoms with E-state index < -0.39 is 0 Å². The average Bonchev–Trinajstić information content (AvgIpc) is 2.13. The van der Waals surface area contributed by atoms with Gasteiger partial charge in [0.05, 0.1) is 0 Å². The summed E-state index contributed by atoms with van der Waals surface area (Å²) in [5, 5.41) is 2.90. The molecule has 0 spiro atoms. The van der Waals surface area contributed by atoms with Gasteiger partial charge in [-0.2, -0.15) is 0 Å². The predicted molar refractivity (Wildman–Crippen MR) is 51.2 cm³/mol. The van der Waals surface area contributed by atoms with Crippen LogP contribution in [0, 0.1) is 0 Å². The van der Waals surface area contributed by atoms with Gasteiger partial charge in [0.15, 0.2) is 0 Å². The predicted octanol–water partition coefficient (Wildman–Crippen LogP) is 1.12. The lowest BCUT2D eigenvalue weighted by molar-refractivity contribution is 0.805. The zero-order valence-electron chi connectivity index (χ0n) is 7.85. The van der Waals surface area contributed by atoms with Crippen LogP contribution in [0.1, 0.15) is 19.4 Å². The van der Waals surface area contributed by atoms with Crippen molar-refractivity contribution in [3.8, 4) is 0 Å². The summed E-state index contributed by atoms with van der Waals surface area (Å²) in [5.74, 6) is 0. The highest BCUT2D eigenvalue weighted by molar-refractivity contribution is 5.08. The summed E-state index contributed by atoms with van der Waals surface area (Å²) >= 11 is 0. The number of hydrogen-bond acceptors (Lipinski definition) is 2. The van der Waals surface area contributed by atoms with E-state index in [2.05, 4.69) is 10.3 Å². The van der Waals surface area contributed by atoms with E-state index in [-0.39, 0.29) is 5.56 Å². The van der Waals surface area contributed by atoms with Gasteiger partial charge in [0.25, 0.3) is 5.56 Å². The SMILES string of the molecule is CC.CNCc1ccc[nH]c1=O. The second kappa shape index (κ2) is 6.61. The lowest BCUT2D eigenvalue weighted by Gasteiger charge is -1.95. The Morgan fingerprint density at radius 3 is 2.67 bits per heavy atom. The van der Waals surface area contributed by atoms with Gasteiger partial charge >= 0.3 is 0 Å². The quantitative estimate of drug-likeness (QED) is 0.695. The van der Waals surface area contributed by atoms with Crippen LogP contribution < -0.4 is 10.9 Å². The van der Waals surface area contributed by atoms with Crippen molar-refractivity contribution in [2.75, 3.05) is 7.05 Å². The Morgan fingerprint density at radius 2 is 2.17 bits per heavy atom. The first-order valence-corrected chi connectivity index (χ1v) is 4.16. The van der Waals surface area contributed by atoms with Crippen molar-refractivity contribution in [2.45, 2.75) is 20.4 Å². The molecule has 0 radical (unpaired) electrons. The minimum Gasteiger partial charge on any atom is -0.329 e. The molecule has 0 aliphatic carbocycles. The number of rotatable bonds is 2. The minimum atomic E-state index is -0.0168. The van der Waals surface area contributed by atoms with Crippen molar-refractivity contribution in [2.24, 2.45) is 0 Å². The van der Waals surface area contributed by atoms with E-state index in [4.69, 9.17) is 0 Å². The maximum Gasteiger partial charge on any atom is 0.252 e. The summed E-state index contributed by atoms with van der Waals surface area (Å²) in [4.78, 5) is 13.5. The van der Waals surface area contributed by atoms with Crippen molar-refractivity contribution in [3.05, 3.63) is 34.2 Å². The molecule has 0 atom stereocenters. The molecule has 12 heavy (non-hydrogen) atoms. The van der Waals surface area contributed by atoms with Crippen molar-refractivity contribution >= 4 is 0 Å². The van der Waals surface area contributed by atoms with E-state index in [0.29, 0.717) is 6.54 Å². The number of nitrogens with one attached hydrogen (secondary N) is 2. The molecule has 1 heterocycles. The van der Waals surface area contributed by atoms with Gasteiger partial charge in [-0.3, -0.25) is 4.79 Å². The molecule has 0 saturated carbocycles. The lowest BCUT2D eigenvalue weighted by atomic mass is 10.3. The lowest BCUT2D eigenvalue weighted by Crippen LogP contribution is -2.17. The zero-order valence-corrected chi connectivity index (χ0v) is 7.85. The molecule has 0 amide bonds. The highest BCUT2D eigenvalue weighted by atomic mass is 16.1. The maximum atomic E-state index is 10.9. The monoisotopic (exact) mass is 168 g/mol. The van der Waals surface area contributed by atoms with Crippen molar-refractivity contribution in [3.63, 3.8) is 0 Å². The first-order chi connectivity index (χ1) is 5.84. The molecule has 1 rings (SSSR count). The largest absolute Gasteiger partial charge is 0.329 e. The van der Waals surface area contributed by atoms with E-state index in [1.807, 2.05) is 27.0 Å². The number of H-pyrrole nitrogens is 1. The molecule has 3 heteroatoms. The molecule has 0 aromatic carbocycles. The van der Waals surface area contributed by atoms with Crippen LogP contribution in [0.2, 0.25) is 0 Å². The van der Waals surface area contributed by atoms with Gasteiger partial charge in [-0.15, -0.1) is 0 Å². The normalized spacial score (nSPS) is 8.58. The number of pyridine rings is 1. The van der Waals surface area contributed by atoms with Crippen molar-refractivity contribution in [1.29, 1.82) is 0 Å². The summed E-state index contributed by atoms with van der Waals surface area (Å²) < 4.78 is 0. The fraction of sp³-hybridized carbons (Fsp3) is 0.444. The van der Waals surface area contributed by atoms with Gasteiger partial charge in [0.1, 0.15) is 0 Å². The molecule has 0 saturated heterocycles. The Labute approximate surface area is 72.8 Å². The van der Waals surface area contributed by atoms with Gasteiger partial charge in [0, 0.05) is 18.3 Å². The molecule has 0 fully saturated rings. The molecular weight excluding hydrogens is 152 g/mol. The fourth-order valence-corrected chi connectivity index (χ4v) is 0.786. The highest BCUT2D eigenvalue weighted by Crippen LogP contribution is 1.85. The van der Waals surface area contributed by atoms with Crippen LogP contribution in [0.5, 0.6) is 0 Å². The molecule has 3 nitrogen and oxygen atoms in total. The Kier molecular flexibility index (Phi) is 6.01. The number of hydrogen-bond donors (Lipinski definition) is 2. The van der Waals surface area contributed by atoms with Crippen LogP contribution in [0.25, 0.3) is 0 Å². The first-order valence-electron chi connectivity index (χ1n) is 4.16. The van der Waals surface area contributed by atoms with Crippen LogP contribution in [0.15, 0.2) is 23.1 Å². The third-order valence-electron chi connectivity index (χ3n) is 1.27. The molecule has 1 aromatic heterocycles. The molecular formula is C9H16N2O. The van der Waals surface area contributed by atoms with E-state index in [0.717, 1.165) is 5.56 Å². The second-order valence-electron chi connectivity index (χ2n) is 2.05. The molecule has 1 aromatic rings. The molecule has 0 unspecified atom stereocenters. The summed E-state index contributed by atoms with van der Waals surface area (Å²) in [6, 6.07) is 3.61. The third kappa shape index (κ3) is 3.34. The van der Waals surface area contributed by atoms with Crippen molar-refractivity contribution in [1.82, 2.24) is 10.3 Å². The molecule has 0 aliphatic heterocycles. The topological polar surface area (TPSA) is 44.9 Å². The fourth-order valence-electron chi connectivity index (χ4n) is 0.786. The van der Waals surface area contributed by atoms with E-state index >= 15 is 0 Å². The van der Waals surface area contributed by atoms with E-state index in [9.17, 15) is 4.79 Å². The van der Waals surface area contributed by atoms with Crippen LogP contribution in [-0.4, -0.2) is 12.0 Å². The van der Waals surface area contributed by atoms with Crippen molar-refractivity contribution < 1.29 is 0 Å². The Bertz CT molecular complexity index is 255. The number of aromatic nitrogens is 1. The van der Waals surface area contributed by atoms with Gasteiger partial charge in [-0.1, -0.05) is 19.9 Å². The maximum absolute atomic E-state index is 10.9. The smallest absolute Gasteiger partial charge is 0.252 e. The molecule has 2 N–H and O–H groups in total. The first kappa shape index (κ1) is 10.9. The Hall–Kier alpha value is -1.09. The molecule has 0 aliphatic rings. The van der Waals surface area contributed by atoms with E-state index in [1.54, 1.807) is 12.3 Å². The summed E-state index contributed by atoms with van der Waals surface area (Å²) in [7, 11) is 1.81. The van der Waals surface area contributed by atoms with E-state index in [1.165, 1.54) is 0 Å². The van der Waals surface area contributed by atoms with Crippen LogP contribution in [0.4, 0.5) is 0 Å².